The number of rotatable bonds is 3. The van der Waals surface area contributed by atoms with Crippen LogP contribution >= 0.6 is 0 Å². The Balaban J connectivity index is 1.59. The Morgan fingerprint density at radius 3 is 2.46 bits per heavy atom. The highest BCUT2D eigenvalue weighted by Gasteiger charge is 2.18. The third kappa shape index (κ3) is 2.80. The van der Waals surface area contributed by atoms with Crippen molar-refractivity contribution in [3.63, 3.8) is 0 Å². The molecule has 1 atom stereocenters. The van der Waals surface area contributed by atoms with Crippen molar-refractivity contribution >= 4 is 5.78 Å². The summed E-state index contributed by atoms with van der Waals surface area (Å²) in [6, 6.07) is 9.37. The summed E-state index contributed by atoms with van der Waals surface area (Å²) in [6.07, 6.45) is 7.95. The minimum absolute atomic E-state index is 0.486. The van der Waals surface area contributed by atoms with Gasteiger partial charge >= 0.3 is 0 Å². The average molecular weight is 321 g/mol. The van der Waals surface area contributed by atoms with Crippen molar-refractivity contribution in [3.05, 3.63) is 48.0 Å². The molecule has 1 aliphatic heterocycles. The monoisotopic (exact) mass is 321 g/mol. The standard InChI is InChI=1S/C19H23N5/c1-14(23-10-4-3-5-11-23)16-6-8-17(9-7-16)18-12-20-19-22-21-15(2)24(19)13-18/h6-9,12-14H,3-5,10-11H2,1-2H3. The van der Waals surface area contributed by atoms with Crippen LogP contribution in [0.5, 0.6) is 0 Å². The first kappa shape index (κ1) is 15.3. The first-order valence-electron chi connectivity index (χ1n) is 8.74. The largest absolute Gasteiger partial charge is 0.297 e. The van der Waals surface area contributed by atoms with Crippen molar-refractivity contribution in [2.75, 3.05) is 13.1 Å². The maximum atomic E-state index is 4.39. The zero-order valence-electron chi connectivity index (χ0n) is 14.3. The van der Waals surface area contributed by atoms with E-state index in [1.54, 1.807) is 0 Å². The van der Waals surface area contributed by atoms with Crippen LogP contribution < -0.4 is 0 Å². The predicted molar refractivity (Wildman–Crippen MR) is 94.8 cm³/mol. The molecule has 1 unspecified atom stereocenters. The topological polar surface area (TPSA) is 46.3 Å². The third-order valence-electron chi connectivity index (χ3n) is 5.10. The minimum Gasteiger partial charge on any atom is -0.297 e. The molecule has 4 rings (SSSR count). The van der Waals surface area contributed by atoms with Gasteiger partial charge in [0, 0.05) is 24.0 Å². The summed E-state index contributed by atoms with van der Waals surface area (Å²) in [4.78, 5) is 6.98. The summed E-state index contributed by atoms with van der Waals surface area (Å²) in [5.74, 6) is 1.50. The minimum atomic E-state index is 0.486. The van der Waals surface area contributed by atoms with Crippen molar-refractivity contribution < 1.29 is 0 Å². The second-order valence-corrected chi connectivity index (χ2v) is 6.65. The van der Waals surface area contributed by atoms with Crippen LogP contribution in [0, 0.1) is 6.92 Å². The second-order valence-electron chi connectivity index (χ2n) is 6.65. The average Bonchev–Trinajstić information content (AvgIpc) is 3.02. The molecule has 0 spiro atoms. The molecule has 0 aliphatic carbocycles. The fourth-order valence-electron chi connectivity index (χ4n) is 3.52. The van der Waals surface area contributed by atoms with Gasteiger partial charge in [-0.2, -0.15) is 0 Å². The Kier molecular flexibility index (Phi) is 4.02. The molecule has 5 nitrogen and oxygen atoms in total. The summed E-state index contributed by atoms with van der Waals surface area (Å²) in [6.45, 7) is 6.69. The lowest BCUT2D eigenvalue weighted by Gasteiger charge is -2.32. The number of benzene rings is 1. The highest BCUT2D eigenvalue weighted by Crippen LogP contribution is 2.26. The number of nitrogens with zero attached hydrogens (tertiary/aromatic N) is 5. The van der Waals surface area contributed by atoms with E-state index in [0.29, 0.717) is 11.8 Å². The number of aromatic nitrogens is 4. The van der Waals surface area contributed by atoms with Crippen molar-refractivity contribution in [2.45, 2.75) is 39.2 Å². The summed E-state index contributed by atoms with van der Waals surface area (Å²) in [5, 5.41) is 8.10. The first-order valence-corrected chi connectivity index (χ1v) is 8.74. The van der Waals surface area contributed by atoms with E-state index in [-0.39, 0.29) is 0 Å². The van der Waals surface area contributed by atoms with Crippen molar-refractivity contribution in [3.8, 4) is 11.1 Å². The van der Waals surface area contributed by atoms with Crippen LogP contribution in [-0.2, 0) is 0 Å². The highest BCUT2D eigenvalue weighted by atomic mass is 15.3. The Hall–Kier alpha value is -2.27. The summed E-state index contributed by atoms with van der Waals surface area (Å²) >= 11 is 0. The second kappa shape index (κ2) is 6.32. The quantitative estimate of drug-likeness (QED) is 0.739. The van der Waals surface area contributed by atoms with Crippen LogP contribution in [0.25, 0.3) is 16.9 Å². The van der Waals surface area contributed by atoms with E-state index in [4.69, 9.17) is 0 Å². The van der Waals surface area contributed by atoms with Crippen LogP contribution in [0.1, 0.15) is 43.6 Å². The molecule has 3 heterocycles. The Morgan fingerprint density at radius 1 is 0.958 bits per heavy atom. The third-order valence-corrected chi connectivity index (χ3v) is 5.10. The number of fused-ring (bicyclic) bond motifs is 1. The van der Waals surface area contributed by atoms with Gasteiger partial charge in [0.25, 0.3) is 5.78 Å². The lowest BCUT2D eigenvalue weighted by molar-refractivity contribution is 0.175. The van der Waals surface area contributed by atoms with Gasteiger partial charge in [0.1, 0.15) is 5.82 Å². The molecule has 5 heteroatoms. The van der Waals surface area contributed by atoms with Gasteiger partial charge in [0.2, 0.25) is 0 Å². The molecule has 1 saturated heterocycles. The van der Waals surface area contributed by atoms with Gasteiger partial charge in [-0.15, -0.1) is 10.2 Å². The zero-order valence-corrected chi connectivity index (χ0v) is 14.3. The molecule has 124 valence electrons. The van der Waals surface area contributed by atoms with Gasteiger partial charge in [-0.05, 0) is 50.9 Å². The van der Waals surface area contributed by atoms with Crippen molar-refractivity contribution in [1.82, 2.24) is 24.5 Å². The normalized spacial score (nSPS) is 17.2. The molecular formula is C19H23N5. The SMILES string of the molecule is Cc1nnc2ncc(-c3ccc(C(C)N4CCCCC4)cc3)cn12. The first-order chi connectivity index (χ1) is 11.7. The fraction of sp³-hybridized carbons (Fsp3) is 0.421. The maximum absolute atomic E-state index is 4.39. The Labute approximate surface area is 142 Å². The van der Waals surface area contributed by atoms with Crippen LogP contribution in [-0.4, -0.2) is 37.6 Å². The predicted octanol–water partition coefficient (Wildman–Crippen LogP) is 3.65. The Bertz CT molecular complexity index is 831. The molecular weight excluding hydrogens is 298 g/mol. The van der Waals surface area contributed by atoms with Crippen molar-refractivity contribution in [1.29, 1.82) is 0 Å². The van der Waals surface area contributed by atoms with E-state index in [9.17, 15) is 0 Å². The van der Waals surface area contributed by atoms with Gasteiger partial charge in [0.15, 0.2) is 0 Å². The van der Waals surface area contributed by atoms with Gasteiger partial charge in [-0.3, -0.25) is 9.30 Å². The van der Waals surface area contributed by atoms with E-state index in [2.05, 4.69) is 57.5 Å². The number of piperidine rings is 1. The van der Waals surface area contributed by atoms with Gasteiger partial charge in [-0.25, -0.2) is 4.98 Å². The summed E-state index contributed by atoms with van der Waals surface area (Å²) in [7, 11) is 0. The van der Waals surface area contributed by atoms with E-state index >= 15 is 0 Å². The number of aryl methyl sites for hydroxylation is 1. The lowest BCUT2D eigenvalue weighted by Crippen LogP contribution is -2.32. The molecule has 2 aromatic heterocycles. The smallest absolute Gasteiger partial charge is 0.254 e. The molecule has 1 aromatic carbocycles. The molecule has 24 heavy (non-hydrogen) atoms. The number of likely N-dealkylation sites (tertiary alicyclic amines) is 1. The molecule has 1 fully saturated rings. The molecule has 0 amide bonds. The maximum Gasteiger partial charge on any atom is 0.254 e. The Morgan fingerprint density at radius 2 is 1.71 bits per heavy atom. The van der Waals surface area contributed by atoms with E-state index < -0.39 is 0 Å². The van der Waals surface area contributed by atoms with E-state index in [0.717, 1.165) is 11.4 Å². The molecule has 0 radical (unpaired) electrons. The molecule has 1 aliphatic rings. The highest BCUT2D eigenvalue weighted by molar-refractivity contribution is 5.63. The van der Waals surface area contributed by atoms with E-state index in [1.165, 1.54) is 43.5 Å². The fourth-order valence-corrected chi connectivity index (χ4v) is 3.52. The van der Waals surface area contributed by atoms with Crippen LogP contribution in [0.2, 0.25) is 0 Å². The molecule has 0 N–H and O–H groups in total. The van der Waals surface area contributed by atoms with Crippen molar-refractivity contribution in [2.24, 2.45) is 0 Å². The number of hydrogen-bond donors (Lipinski definition) is 0. The van der Waals surface area contributed by atoms with Crippen LogP contribution in [0.4, 0.5) is 0 Å². The van der Waals surface area contributed by atoms with Gasteiger partial charge < -0.3 is 0 Å². The number of hydrogen-bond acceptors (Lipinski definition) is 4. The summed E-state index contributed by atoms with van der Waals surface area (Å²) < 4.78 is 1.93. The van der Waals surface area contributed by atoms with E-state index in [1.807, 2.05) is 17.5 Å². The van der Waals surface area contributed by atoms with Crippen LogP contribution in [0.15, 0.2) is 36.7 Å². The summed E-state index contributed by atoms with van der Waals surface area (Å²) in [5.41, 5.74) is 3.64. The van der Waals surface area contributed by atoms with Gasteiger partial charge in [0.05, 0.1) is 0 Å². The molecule has 0 bridgehead atoms. The zero-order chi connectivity index (χ0) is 16.5. The molecule has 3 aromatic rings. The van der Waals surface area contributed by atoms with Crippen LogP contribution in [0.3, 0.4) is 0 Å². The lowest BCUT2D eigenvalue weighted by atomic mass is 10.0. The molecule has 0 saturated carbocycles. The van der Waals surface area contributed by atoms with Gasteiger partial charge in [-0.1, -0.05) is 30.7 Å².